The van der Waals surface area contributed by atoms with E-state index in [0.717, 1.165) is 19.3 Å². The monoisotopic (exact) mass is 180 g/mol. The Labute approximate surface area is 78.6 Å². The van der Waals surface area contributed by atoms with Gasteiger partial charge < -0.3 is 0 Å². The van der Waals surface area contributed by atoms with Crippen molar-refractivity contribution in [3.63, 3.8) is 0 Å². The highest BCUT2D eigenvalue weighted by atomic mass is 35.5. The number of hydrogen-bond acceptors (Lipinski definition) is 0. The summed E-state index contributed by atoms with van der Waals surface area (Å²) in [4.78, 5) is 0. The molecular formula is C11H13Cl. The van der Waals surface area contributed by atoms with E-state index in [1.165, 1.54) is 16.7 Å². The van der Waals surface area contributed by atoms with Gasteiger partial charge in [-0.1, -0.05) is 25.1 Å². The largest absolute Gasteiger partial charge is 0.122 e. The fourth-order valence-corrected chi connectivity index (χ4v) is 2.17. The number of benzene rings is 1. The molecule has 1 atom stereocenters. The first-order valence-corrected chi connectivity index (χ1v) is 4.98. The van der Waals surface area contributed by atoms with E-state index >= 15 is 0 Å². The summed E-state index contributed by atoms with van der Waals surface area (Å²) >= 11 is 6.07. The molecule has 1 heteroatoms. The fourth-order valence-electron chi connectivity index (χ4n) is 1.84. The van der Waals surface area contributed by atoms with Crippen molar-refractivity contribution < 1.29 is 0 Å². The number of hydrogen-bond donors (Lipinski definition) is 0. The van der Waals surface area contributed by atoms with Gasteiger partial charge in [0.1, 0.15) is 0 Å². The Kier molecular flexibility index (Phi) is 2.10. The molecule has 1 aliphatic rings. The Morgan fingerprint density at radius 1 is 1.33 bits per heavy atom. The van der Waals surface area contributed by atoms with Crippen LogP contribution in [0.5, 0.6) is 0 Å². The summed E-state index contributed by atoms with van der Waals surface area (Å²) in [6, 6.07) is 6.75. The molecular weight excluding hydrogens is 168 g/mol. The molecule has 0 bridgehead atoms. The summed E-state index contributed by atoms with van der Waals surface area (Å²) in [6.45, 7) is 2.19. The lowest BCUT2D eigenvalue weighted by molar-refractivity contribution is 0.922. The van der Waals surface area contributed by atoms with Crippen molar-refractivity contribution in [2.75, 3.05) is 0 Å². The van der Waals surface area contributed by atoms with Crippen molar-refractivity contribution in [1.82, 2.24) is 0 Å². The van der Waals surface area contributed by atoms with E-state index in [1.807, 2.05) is 0 Å². The van der Waals surface area contributed by atoms with Crippen molar-refractivity contribution >= 4 is 11.6 Å². The molecule has 0 aromatic heterocycles. The minimum absolute atomic E-state index is 0.340. The molecule has 2 rings (SSSR count). The maximum atomic E-state index is 6.07. The molecule has 0 fully saturated rings. The molecule has 0 nitrogen and oxygen atoms in total. The van der Waals surface area contributed by atoms with Crippen LogP contribution in [-0.4, -0.2) is 5.38 Å². The van der Waals surface area contributed by atoms with Crippen molar-refractivity contribution in [2.45, 2.75) is 31.6 Å². The topological polar surface area (TPSA) is 0 Å². The van der Waals surface area contributed by atoms with Crippen LogP contribution in [0.3, 0.4) is 0 Å². The molecule has 0 amide bonds. The molecule has 1 unspecified atom stereocenters. The van der Waals surface area contributed by atoms with Crippen molar-refractivity contribution in [3.8, 4) is 0 Å². The first kappa shape index (κ1) is 8.12. The highest BCUT2D eigenvalue weighted by Crippen LogP contribution is 2.26. The minimum Gasteiger partial charge on any atom is -0.122 e. The lowest BCUT2D eigenvalue weighted by Gasteiger charge is -2.00. The second-order valence-corrected chi connectivity index (χ2v) is 4.08. The van der Waals surface area contributed by atoms with Gasteiger partial charge in [-0.15, -0.1) is 11.6 Å². The van der Waals surface area contributed by atoms with Crippen LogP contribution in [0.1, 0.15) is 23.6 Å². The predicted octanol–water partition coefficient (Wildman–Crippen LogP) is 2.96. The second kappa shape index (κ2) is 3.10. The first-order chi connectivity index (χ1) is 5.79. The number of rotatable bonds is 1. The van der Waals surface area contributed by atoms with Crippen LogP contribution in [0.4, 0.5) is 0 Å². The van der Waals surface area contributed by atoms with Crippen LogP contribution < -0.4 is 0 Å². The summed E-state index contributed by atoms with van der Waals surface area (Å²) in [5.74, 6) is 0. The number of aryl methyl sites for hydroxylation is 1. The van der Waals surface area contributed by atoms with E-state index in [2.05, 4.69) is 25.1 Å². The highest BCUT2D eigenvalue weighted by Gasteiger charge is 2.18. The van der Waals surface area contributed by atoms with Crippen LogP contribution in [0.25, 0.3) is 0 Å². The zero-order chi connectivity index (χ0) is 8.55. The SMILES string of the molecule is CCc1ccc2c(c1)CC(Cl)C2. The van der Waals surface area contributed by atoms with Crippen LogP contribution in [0.15, 0.2) is 18.2 Å². The van der Waals surface area contributed by atoms with Gasteiger partial charge in [0.25, 0.3) is 0 Å². The van der Waals surface area contributed by atoms with E-state index in [1.54, 1.807) is 0 Å². The van der Waals surface area contributed by atoms with Gasteiger partial charge in [0, 0.05) is 5.38 Å². The molecule has 1 aromatic rings. The van der Waals surface area contributed by atoms with Crippen LogP contribution in [-0.2, 0) is 19.3 Å². The lowest BCUT2D eigenvalue weighted by Crippen LogP contribution is -1.93. The van der Waals surface area contributed by atoms with Crippen molar-refractivity contribution in [2.24, 2.45) is 0 Å². The summed E-state index contributed by atoms with van der Waals surface area (Å²) in [6.07, 6.45) is 3.24. The Hall–Kier alpha value is -0.490. The fraction of sp³-hybridized carbons (Fsp3) is 0.455. The Balaban J connectivity index is 2.35. The first-order valence-electron chi connectivity index (χ1n) is 4.54. The maximum absolute atomic E-state index is 6.07. The van der Waals surface area contributed by atoms with Gasteiger partial charge in [-0.2, -0.15) is 0 Å². The molecule has 1 aromatic carbocycles. The zero-order valence-corrected chi connectivity index (χ0v) is 8.06. The molecule has 0 spiro atoms. The number of alkyl halides is 1. The van der Waals surface area contributed by atoms with E-state index < -0.39 is 0 Å². The standard InChI is InChI=1S/C11H13Cl/c1-2-8-3-4-9-6-11(12)7-10(9)5-8/h3-5,11H,2,6-7H2,1H3. The zero-order valence-electron chi connectivity index (χ0n) is 7.31. The van der Waals surface area contributed by atoms with Gasteiger partial charge in [0.2, 0.25) is 0 Å². The quantitative estimate of drug-likeness (QED) is 0.583. The van der Waals surface area contributed by atoms with E-state index in [-0.39, 0.29) is 0 Å². The molecule has 64 valence electrons. The molecule has 0 N–H and O–H groups in total. The molecule has 0 heterocycles. The van der Waals surface area contributed by atoms with Crippen molar-refractivity contribution in [1.29, 1.82) is 0 Å². The molecule has 12 heavy (non-hydrogen) atoms. The summed E-state index contributed by atoms with van der Waals surface area (Å²) in [5.41, 5.74) is 4.35. The van der Waals surface area contributed by atoms with E-state index in [9.17, 15) is 0 Å². The lowest BCUT2D eigenvalue weighted by atomic mass is 10.1. The summed E-state index contributed by atoms with van der Waals surface area (Å²) < 4.78 is 0. The molecule has 0 aliphatic heterocycles. The smallest absolute Gasteiger partial charge is 0.0416 e. The Bertz CT molecular complexity index is 291. The average Bonchev–Trinajstić information content (AvgIpc) is 2.43. The number of fused-ring (bicyclic) bond motifs is 1. The second-order valence-electron chi connectivity index (χ2n) is 3.46. The van der Waals surface area contributed by atoms with Gasteiger partial charge in [0.05, 0.1) is 0 Å². The summed E-state index contributed by atoms with van der Waals surface area (Å²) in [5, 5.41) is 0.340. The van der Waals surface area contributed by atoms with Crippen LogP contribution in [0.2, 0.25) is 0 Å². The Morgan fingerprint density at radius 2 is 2.08 bits per heavy atom. The number of halogens is 1. The molecule has 0 radical (unpaired) electrons. The van der Waals surface area contributed by atoms with Crippen molar-refractivity contribution in [3.05, 3.63) is 34.9 Å². The molecule has 1 aliphatic carbocycles. The molecule has 0 saturated heterocycles. The molecule has 0 saturated carbocycles. The van der Waals surface area contributed by atoms with Gasteiger partial charge in [-0.3, -0.25) is 0 Å². The van der Waals surface area contributed by atoms with Gasteiger partial charge in [-0.25, -0.2) is 0 Å². The minimum atomic E-state index is 0.340. The Morgan fingerprint density at radius 3 is 2.83 bits per heavy atom. The summed E-state index contributed by atoms with van der Waals surface area (Å²) in [7, 11) is 0. The average molecular weight is 181 g/mol. The highest BCUT2D eigenvalue weighted by molar-refractivity contribution is 6.21. The predicted molar refractivity (Wildman–Crippen MR) is 52.9 cm³/mol. The van der Waals surface area contributed by atoms with Crippen LogP contribution in [0, 0.1) is 0 Å². The van der Waals surface area contributed by atoms with E-state index in [4.69, 9.17) is 11.6 Å². The third-order valence-electron chi connectivity index (χ3n) is 2.56. The normalized spacial score (nSPS) is 21.0. The van der Waals surface area contributed by atoms with Gasteiger partial charge >= 0.3 is 0 Å². The third kappa shape index (κ3) is 1.36. The van der Waals surface area contributed by atoms with Gasteiger partial charge in [-0.05, 0) is 36.0 Å². The van der Waals surface area contributed by atoms with E-state index in [0.29, 0.717) is 5.38 Å². The maximum Gasteiger partial charge on any atom is 0.0416 e. The third-order valence-corrected chi connectivity index (χ3v) is 2.87. The van der Waals surface area contributed by atoms with Gasteiger partial charge in [0.15, 0.2) is 0 Å². The van der Waals surface area contributed by atoms with Crippen LogP contribution >= 0.6 is 11.6 Å².